The Balaban J connectivity index is 1.34. The quantitative estimate of drug-likeness (QED) is 0.608. The van der Waals surface area contributed by atoms with Crippen LogP contribution in [0.2, 0.25) is 0 Å². The highest BCUT2D eigenvalue weighted by molar-refractivity contribution is 5.99. The minimum atomic E-state index is -0.307. The Labute approximate surface area is 182 Å². The molecule has 1 saturated heterocycles. The molecule has 7 nitrogen and oxygen atoms in total. The van der Waals surface area contributed by atoms with Crippen LogP contribution in [-0.2, 0) is 0 Å². The third-order valence-corrected chi connectivity index (χ3v) is 5.54. The van der Waals surface area contributed by atoms with Crippen LogP contribution in [0.25, 0.3) is 11.3 Å². The number of carbonyl (C=O) groups is 1. The largest absolute Gasteiger partial charge is 0.497 e. The maximum atomic E-state index is 12.2. The molecule has 31 heavy (non-hydrogen) atoms. The summed E-state index contributed by atoms with van der Waals surface area (Å²) in [5, 5.41) is 14.4. The van der Waals surface area contributed by atoms with Crippen molar-refractivity contribution in [2.24, 2.45) is 5.92 Å². The number of anilines is 3. The first kappa shape index (κ1) is 20.7. The molecule has 0 atom stereocenters. The number of rotatable bonds is 5. The van der Waals surface area contributed by atoms with E-state index in [1.54, 1.807) is 31.4 Å². The summed E-state index contributed by atoms with van der Waals surface area (Å²) in [6, 6.07) is 18.4. The number of nitrogens with zero attached hydrogens (tertiary/aromatic N) is 3. The fourth-order valence-corrected chi connectivity index (χ4v) is 3.58. The molecule has 3 aromatic rings. The molecule has 0 saturated carbocycles. The summed E-state index contributed by atoms with van der Waals surface area (Å²) in [6.07, 6.45) is 2.40. The van der Waals surface area contributed by atoms with Crippen molar-refractivity contribution in [1.29, 1.82) is 0 Å². The van der Waals surface area contributed by atoms with Crippen molar-refractivity contribution < 1.29 is 9.53 Å². The van der Waals surface area contributed by atoms with Gasteiger partial charge in [-0.3, -0.25) is 0 Å². The van der Waals surface area contributed by atoms with Gasteiger partial charge in [-0.15, -0.1) is 10.2 Å². The Morgan fingerprint density at radius 1 is 0.903 bits per heavy atom. The molecule has 0 aliphatic carbocycles. The maximum Gasteiger partial charge on any atom is 0.323 e. The predicted molar refractivity (Wildman–Crippen MR) is 124 cm³/mol. The molecule has 0 unspecified atom stereocenters. The number of ether oxygens (including phenoxy) is 1. The molecule has 2 aromatic carbocycles. The fourth-order valence-electron chi connectivity index (χ4n) is 3.58. The summed E-state index contributed by atoms with van der Waals surface area (Å²) >= 11 is 0. The molecular weight excluding hydrogens is 390 g/mol. The summed E-state index contributed by atoms with van der Waals surface area (Å²) < 4.78 is 5.12. The predicted octanol–water partition coefficient (Wildman–Crippen LogP) is 5.03. The lowest BCUT2D eigenvalue weighted by Crippen LogP contribution is -2.33. The van der Waals surface area contributed by atoms with Crippen LogP contribution in [0.3, 0.4) is 0 Å². The molecule has 0 bridgehead atoms. The standard InChI is InChI=1S/C24H27N5O2/c1-17-13-15-29(16-14-17)23-12-11-22(27-28-23)18-3-5-19(6-4-18)25-24(30)26-20-7-9-21(31-2)10-8-20/h3-12,17H,13-16H2,1-2H3,(H2,25,26,30). The van der Waals surface area contributed by atoms with E-state index in [-0.39, 0.29) is 6.03 Å². The fraction of sp³-hybridized carbons (Fsp3) is 0.292. The van der Waals surface area contributed by atoms with Crippen molar-refractivity contribution in [2.75, 3.05) is 35.7 Å². The number of carbonyl (C=O) groups excluding carboxylic acids is 1. The Morgan fingerprint density at radius 3 is 2.06 bits per heavy atom. The molecule has 1 fully saturated rings. The number of hydrogen-bond donors (Lipinski definition) is 2. The van der Waals surface area contributed by atoms with Crippen molar-refractivity contribution in [3.63, 3.8) is 0 Å². The zero-order valence-electron chi connectivity index (χ0n) is 17.8. The van der Waals surface area contributed by atoms with Gasteiger partial charge in [-0.25, -0.2) is 4.79 Å². The number of benzene rings is 2. The Hall–Kier alpha value is -3.61. The van der Waals surface area contributed by atoms with Gasteiger partial charge in [-0.1, -0.05) is 19.1 Å². The molecule has 1 aromatic heterocycles. The van der Waals surface area contributed by atoms with Crippen molar-refractivity contribution in [3.05, 3.63) is 60.7 Å². The lowest BCUT2D eigenvalue weighted by molar-refractivity contribution is 0.262. The summed E-state index contributed by atoms with van der Waals surface area (Å²) in [7, 11) is 1.60. The summed E-state index contributed by atoms with van der Waals surface area (Å²) in [5.41, 5.74) is 3.14. The van der Waals surface area contributed by atoms with Gasteiger partial charge in [0.05, 0.1) is 12.8 Å². The Kier molecular flexibility index (Phi) is 6.31. The second kappa shape index (κ2) is 9.47. The number of amides is 2. The van der Waals surface area contributed by atoms with E-state index >= 15 is 0 Å². The van der Waals surface area contributed by atoms with E-state index in [9.17, 15) is 4.79 Å². The number of nitrogens with one attached hydrogen (secondary N) is 2. The second-order valence-corrected chi connectivity index (χ2v) is 7.83. The van der Waals surface area contributed by atoms with Gasteiger partial charge in [0.2, 0.25) is 0 Å². The summed E-state index contributed by atoms with van der Waals surface area (Å²) in [4.78, 5) is 14.5. The first-order valence-corrected chi connectivity index (χ1v) is 10.5. The van der Waals surface area contributed by atoms with Crippen molar-refractivity contribution in [2.45, 2.75) is 19.8 Å². The molecule has 2 heterocycles. The van der Waals surface area contributed by atoms with Crippen molar-refractivity contribution in [1.82, 2.24) is 10.2 Å². The van der Waals surface area contributed by atoms with Crippen LogP contribution in [0.4, 0.5) is 22.0 Å². The van der Waals surface area contributed by atoms with Crippen LogP contribution in [0, 0.1) is 5.92 Å². The third-order valence-electron chi connectivity index (χ3n) is 5.54. The molecule has 160 valence electrons. The van der Waals surface area contributed by atoms with Crippen LogP contribution in [0.1, 0.15) is 19.8 Å². The summed E-state index contributed by atoms with van der Waals surface area (Å²) in [6.45, 7) is 4.37. The molecule has 0 radical (unpaired) electrons. The van der Waals surface area contributed by atoms with Gasteiger partial charge < -0.3 is 20.3 Å². The molecule has 4 rings (SSSR count). The Morgan fingerprint density at radius 2 is 1.52 bits per heavy atom. The van der Waals surface area contributed by atoms with Gasteiger partial charge in [-0.2, -0.15) is 0 Å². The highest BCUT2D eigenvalue weighted by Gasteiger charge is 2.17. The molecule has 2 N–H and O–H groups in total. The molecule has 0 spiro atoms. The minimum absolute atomic E-state index is 0.307. The first-order chi connectivity index (χ1) is 15.1. The molecule has 1 aliphatic heterocycles. The average Bonchev–Trinajstić information content (AvgIpc) is 2.81. The van der Waals surface area contributed by atoms with Crippen LogP contribution in [0.5, 0.6) is 5.75 Å². The lowest BCUT2D eigenvalue weighted by atomic mass is 9.99. The minimum Gasteiger partial charge on any atom is -0.497 e. The van der Waals surface area contributed by atoms with Crippen molar-refractivity contribution in [3.8, 4) is 17.0 Å². The monoisotopic (exact) mass is 417 g/mol. The van der Waals surface area contributed by atoms with E-state index in [4.69, 9.17) is 4.74 Å². The van der Waals surface area contributed by atoms with E-state index in [0.717, 1.165) is 41.8 Å². The number of aromatic nitrogens is 2. The first-order valence-electron chi connectivity index (χ1n) is 10.5. The lowest BCUT2D eigenvalue weighted by Gasteiger charge is -2.30. The second-order valence-electron chi connectivity index (χ2n) is 7.83. The van der Waals surface area contributed by atoms with Gasteiger partial charge in [0.1, 0.15) is 5.75 Å². The maximum absolute atomic E-state index is 12.2. The van der Waals surface area contributed by atoms with Gasteiger partial charge in [-0.05, 0) is 67.3 Å². The van der Waals surface area contributed by atoms with Gasteiger partial charge in [0.15, 0.2) is 5.82 Å². The zero-order chi connectivity index (χ0) is 21.6. The number of hydrogen-bond acceptors (Lipinski definition) is 5. The molecule has 1 aliphatic rings. The SMILES string of the molecule is COc1ccc(NC(=O)Nc2ccc(-c3ccc(N4CCC(C)CC4)nn3)cc2)cc1. The smallest absolute Gasteiger partial charge is 0.323 e. The molecular formula is C24H27N5O2. The molecule has 7 heteroatoms. The van der Waals surface area contributed by atoms with Gasteiger partial charge in [0.25, 0.3) is 0 Å². The van der Waals surface area contributed by atoms with E-state index < -0.39 is 0 Å². The van der Waals surface area contributed by atoms with E-state index in [0.29, 0.717) is 11.4 Å². The van der Waals surface area contributed by atoms with E-state index in [2.05, 4.69) is 32.7 Å². The molecule has 2 amide bonds. The topological polar surface area (TPSA) is 79.4 Å². The average molecular weight is 418 g/mol. The normalized spacial score (nSPS) is 14.2. The zero-order valence-corrected chi connectivity index (χ0v) is 17.8. The highest BCUT2D eigenvalue weighted by atomic mass is 16.5. The van der Waals surface area contributed by atoms with E-state index in [1.807, 2.05) is 36.4 Å². The summed E-state index contributed by atoms with van der Waals surface area (Å²) in [5.74, 6) is 2.46. The highest BCUT2D eigenvalue weighted by Crippen LogP contribution is 2.24. The van der Waals surface area contributed by atoms with Gasteiger partial charge in [0, 0.05) is 30.0 Å². The number of methoxy groups -OCH3 is 1. The number of urea groups is 1. The number of piperidine rings is 1. The van der Waals surface area contributed by atoms with E-state index in [1.165, 1.54) is 12.8 Å². The van der Waals surface area contributed by atoms with Gasteiger partial charge >= 0.3 is 6.03 Å². The van der Waals surface area contributed by atoms with Crippen molar-refractivity contribution >= 4 is 23.2 Å². The van der Waals surface area contributed by atoms with Crippen LogP contribution < -0.4 is 20.3 Å². The van der Waals surface area contributed by atoms with Crippen LogP contribution in [0.15, 0.2) is 60.7 Å². The van der Waals surface area contributed by atoms with Crippen LogP contribution >= 0.6 is 0 Å². The third kappa shape index (κ3) is 5.31. The van der Waals surface area contributed by atoms with Crippen LogP contribution in [-0.4, -0.2) is 36.4 Å². The Bertz CT molecular complexity index is 996.